The van der Waals surface area contributed by atoms with Crippen LogP contribution in [0.5, 0.6) is 0 Å². The molecular weight excluding hydrogens is 300 g/mol. The van der Waals surface area contributed by atoms with Crippen LogP contribution in [0.3, 0.4) is 0 Å². The zero-order valence-electron chi connectivity index (χ0n) is 12.2. The molecule has 0 fully saturated rings. The van der Waals surface area contributed by atoms with Gasteiger partial charge in [-0.25, -0.2) is 0 Å². The van der Waals surface area contributed by atoms with E-state index in [1.54, 1.807) is 0 Å². The molecule has 19 heavy (non-hydrogen) atoms. The van der Waals surface area contributed by atoms with Crippen molar-refractivity contribution in [2.75, 3.05) is 5.32 Å². The maximum Gasteiger partial charge on any atom is 0.101 e. The van der Waals surface area contributed by atoms with E-state index >= 15 is 0 Å². The Labute approximate surface area is 125 Å². The first-order chi connectivity index (χ1) is 8.92. The molecular formula is C16H23BrN2. The number of benzene rings is 1. The first-order valence-electron chi connectivity index (χ1n) is 6.88. The van der Waals surface area contributed by atoms with Crippen LogP contribution in [0.15, 0.2) is 22.7 Å². The Morgan fingerprint density at radius 3 is 2.21 bits per heavy atom. The number of nitriles is 1. The Morgan fingerprint density at radius 2 is 1.74 bits per heavy atom. The normalized spacial score (nSPS) is 11.1. The van der Waals surface area contributed by atoms with Crippen molar-refractivity contribution in [2.45, 2.75) is 46.6 Å². The Hall–Kier alpha value is -1.01. The third kappa shape index (κ3) is 5.65. The quantitative estimate of drug-likeness (QED) is 0.781. The van der Waals surface area contributed by atoms with Crippen LogP contribution < -0.4 is 5.32 Å². The lowest BCUT2D eigenvalue weighted by molar-refractivity contribution is 0.442. The highest BCUT2D eigenvalue weighted by Crippen LogP contribution is 2.24. The van der Waals surface area contributed by atoms with E-state index in [1.165, 1.54) is 0 Å². The van der Waals surface area contributed by atoms with Crippen molar-refractivity contribution in [3.63, 3.8) is 0 Å². The van der Waals surface area contributed by atoms with Gasteiger partial charge >= 0.3 is 0 Å². The Kier molecular flexibility index (Phi) is 6.37. The highest BCUT2D eigenvalue weighted by atomic mass is 79.9. The van der Waals surface area contributed by atoms with Crippen LogP contribution in [0.4, 0.5) is 5.69 Å². The Bertz CT molecular complexity index is 437. The molecule has 104 valence electrons. The summed E-state index contributed by atoms with van der Waals surface area (Å²) >= 11 is 3.47. The van der Waals surface area contributed by atoms with Crippen LogP contribution in [-0.4, -0.2) is 6.04 Å². The number of halogens is 1. The van der Waals surface area contributed by atoms with Gasteiger partial charge in [0.25, 0.3) is 0 Å². The van der Waals surface area contributed by atoms with Crippen molar-refractivity contribution >= 4 is 21.6 Å². The van der Waals surface area contributed by atoms with Crippen LogP contribution in [-0.2, 0) is 0 Å². The van der Waals surface area contributed by atoms with Gasteiger partial charge in [-0.15, -0.1) is 0 Å². The lowest BCUT2D eigenvalue weighted by atomic mass is 9.95. The smallest absolute Gasteiger partial charge is 0.101 e. The van der Waals surface area contributed by atoms with Gasteiger partial charge in [0.1, 0.15) is 6.07 Å². The molecule has 0 saturated heterocycles. The largest absolute Gasteiger partial charge is 0.381 e. The zero-order valence-corrected chi connectivity index (χ0v) is 13.8. The molecule has 0 aliphatic heterocycles. The molecule has 0 aliphatic rings. The summed E-state index contributed by atoms with van der Waals surface area (Å²) < 4.78 is 1.00. The van der Waals surface area contributed by atoms with Gasteiger partial charge in [-0.3, -0.25) is 0 Å². The summed E-state index contributed by atoms with van der Waals surface area (Å²) in [5.41, 5.74) is 1.64. The predicted octanol–water partition coefficient (Wildman–Crippen LogP) is 5.19. The first kappa shape index (κ1) is 16.0. The summed E-state index contributed by atoms with van der Waals surface area (Å²) in [6.45, 7) is 8.95. The van der Waals surface area contributed by atoms with Crippen LogP contribution in [0.2, 0.25) is 0 Å². The Morgan fingerprint density at radius 1 is 1.16 bits per heavy atom. The number of nitrogens with one attached hydrogen (secondary N) is 1. The predicted molar refractivity (Wildman–Crippen MR) is 85.2 cm³/mol. The minimum Gasteiger partial charge on any atom is -0.381 e. The van der Waals surface area contributed by atoms with Crippen molar-refractivity contribution in [1.82, 2.24) is 0 Å². The molecule has 0 atom stereocenters. The van der Waals surface area contributed by atoms with Gasteiger partial charge in [0.05, 0.1) is 11.3 Å². The van der Waals surface area contributed by atoms with E-state index in [1.807, 2.05) is 18.2 Å². The van der Waals surface area contributed by atoms with Crippen LogP contribution >= 0.6 is 15.9 Å². The highest BCUT2D eigenvalue weighted by molar-refractivity contribution is 9.10. The molecule has 2 nitrogen and oxygen atoms in total. The number of anilines is 1. The third-order valence-corrected chi connectivity index (χ3v) is 3.47. The molecule has 1 aromatic rings. The average molecular weight is 323 g/mol. The molecule has 1 N–H and O–H groups in total. The average Bonchev–Trinajstić information content (AvgIpc) is 2.27. The number of nitrogens with zero attached hydrogens (tertiary/aromatic N) is 1. The number of rotatable bonds is 6. The molecule has 0 aliphatic carbocycles. The molecule has 0 heterocycles. The summed E-state index contributed by atoms with van der Waals surface area (Å²) in [5, 5.41) is 12.7. The van der Waals surface area contributed by atoms with Crippen LogP contribution in [0, 0.1) is 23.2 Å². The zero-order chi connectivity index (χ0) is 14.4. The summed E-state index contributed by atoms with van der Waals surface area (Å²) in [7, 11) is 0. The van der Waals surface area contributed by atoms with Gasteiger partial charge in [-0.05, 0) is 42.9 Å². The van der Waals surface area contributed by atoms with Gasteiger partial charge in [0.15, 0.2) is 0 Å². The van der Waals surface area contributed by atoms with E-state index in [0.717, 1.165) is 23.0 Å². The fourth-order valence-electron chi connectivity index (χ4n) is 2.31. The van der Waals surface area contributed by atoms with Crippen molar-refractivity contribution in [3.05, 3.63) is 28.2 Å². The van der Waals surface area contributed by atoms with E-state index in [-0.39, 0.29) is 0 Å². The second kappa shape index (κ2) is 7.55. The SMILES string of the molecule is CC(C)CC(CC(C)C)Nc1cc(Br)ccc1C#N. The fourth-order valence-corrected chi connectivity index (χ4v) is 2.67. The van der Waals surface area contributed by atoms with Gasteiger partial charge < -0.3 is 5.32 Å². The minimum absolute atomic E-state index is 0.418. The van der Waals surface area contributed by atoms with E-state index < -0.39 is 0 Å². The van der Waals surface area contributed by atoms with Gasteiger partial charge in [-0.2, -0.15) is 5.26 Å². The van der Waals surface area contributed by atoms with E-state index in [0.29, 0.717) is 23.4 Å². The standard InChI is InChI=1S/C16H23BrN2/c1-11(2)7-15(8-12(3)4)19-16-9-14(17)6-5-13(16)10-18/h5-6,9,11-12,15,19H,7-8H2,1-4H3. The Balaban J connectivity index is 2.89. The molecule has 3 heteroatoms. The maximum absolute atomic E-state index is 9.18. The van der Waals surface area contributed by atoms with Crippen molar-refractivity contribution < 1.29 is 0 Å². The molecule has 0 amide bonds. The number of hydrogen-bond donors (Lipinski definition) is 1. The lowest BCUT2D eigenvalue weighted by Gasteiger charge is -2.24. The summed E-state index contributed by atoms with van der Waals surface area (Å²) in [6.07, 6.45) is 2.24. The van der Waals surface area contributed by atoms with Crippen molar-refractivity contribution in [1.29, 1.82) is 5.26 Å². The van der Waals surface area contributed by atoms with Crippen molar-refractivity contribution in [3.8, 4) is 6.07 Å². The molecule has 0 unspecified atom stereocenters. The molecule has 0 spiro atoms. The monoisotopic (exact) mass is 322 g/mol. The van der Waals surface area contributed by atoms with Crippen molar-refractivity contribution in [2.24, 2.45) is 11.8 Å². The van der Waals surface area contributed by atoms with Crippen LogP contribution in [0.25, 0.3) is 0 Å². The lowest BCUT2D eigenvalue weighted by Crippen LogP contribution is -2.24. The second-order valence-electron chi connectivity index (χ2n) is 5.90. The van der Waals surface area contributed by atoms with E-state index in [2.05, 4.69) is 55.0 Å². The van der Waals surface area contributed by atoms with Gasteiger partial charge in [-0.1, -0.05) is 43.6 Å². The minimum atomic E-state index is 0.418. The topological polar surface area (TPSA) is 35.8 Å². The second-order valence-corrected chi connectivity index (χ2v) is 6.82. The van der Waals surface area contributed by atoms with Gasteiger partial charge in [0, 0.05) is 10.5 Å². The molecule has 1 aromatic carbocycles. The highest BCUT2D eigenvalue weighted by Gasteiger charge is 2.14. The summed E-state index contributed by atoms with van der Waals surface area (Å²) in [5.74, 6) is 1.29. The van der Waals surface area contributed by atoms with Gasteiger partial charge in [0.2, 0.25) is 0 Å². The molecule has 0 aromatic heterocycles. The third-order valence-electron chi connectivity index (χ3n) is 2.97. The van der Waals surface area contributed by atoms with Crippen LogP contribution in [0.1, 0.15) is 46.1 Å². The molecule has 0 bridgehead atoms. The molecule has 0 saturated carbocycles. The fraction of sp³-hybridized carbons (Fsp3) is 0.562. The maximum atomic E-state index is 9.18. The first-order valence-corrected chi connectivity index (χ1v) is 7.67. The molecule has 0 radical (unpaired) electrons. The summed E-state index contributed by atoms with van der Waals surface area (Å²) in [4.78, 5) is 0. The van der Waals surface area contributed by atoms with E-state index in [9.17, 15) is 5.26 Å². The summed E-state index contributed by atoms with van der Waals surface area (Å²) in [6, 6.07) is 8.42. The number of hydrogen-bond acceptors (Lipinski definition) is 2. The molecule has 1 rings (SSSR count). The van der Waals surface area contributed by atoms with E-state index in [4.69, 9.17) is 0 Å².